The normalized spacial score (nSPS) is 18.7. The molecule has 3 rings (SSSR count). The molecule has 2 N–H and O–H groups in total. The number of nitrogens with zero attached hydrogens (tertiary/aromatic N) is 2. The van der Waals surface area contributed by atoms with Crippen molar-refractivity contribution in [3.63, 3.8) is 0 Å². The molecule has 0 aliphatic heterocycles. The number of hydrogen-bond acceptors (Lipinski definition) is 5. The lowest BCUT2D eigenvalue weighted by Crippen LogP contribution is -2.09. The van der Waals surface area contributed by atoms with Crippen LogP contribution in [-0.4, -0.2) is 15.7 Å². The molecule has 0 saturated heterocycles. The van der Waals surface area contributed by atoms with Crippen molar-refractivity contribution in [1.29, 1.82) is 0 Å². The Morgan fingerprint density at radius 2 is 2.26 bits per heavy atom. The van der Waals surface area contributed by atoms with Crippen LogP contribution in [0.1, 0.15) is 37.1 Å². The fraction of sp³-hybridized carbons (Fsp3) is 0.571. The molecule has 2 heterocycles. The Kier molecular flexibility index (Phi) is 3.67. The summed E-state index contributed by atoms with van der Waals surface area (Å²) in [5.74, 6) is 2.47. The molecule has 1 aliphatic rings. The van der Waals surface area contributed by atoms with Gasteiger partial charge in [0.2, 0.25) is 0 Å². The van der Waals surface area contributed by atoms with E-state index in [1.54, 1.807) is 11.8 Å². The van der Waals surface area contributed by atoms with Gasteiger partial charge in [0.05, 0.1) is 5.39 Å². The van der Waals surface area contributed by atoms with Gasteiger partial charge in [0.15, 0.2) is 5.16 Å². The van der Waals surface area contributed by atoms with E-state index in [2.05, 4.69) is 18.8 Å². The molecule has 102 valence electrons. The van der Waals surface area contributed by atoms with Gasteiger partial charge in [0.25, 0.3) is 0 Å². The molecule has 5 heteroatoms. The Morgan fingerprint density at radius 1 is 1.42 bits per heavy atom. The Morgan fingerprint density at radius 3 is 3.05 bits per heavy atom. The van der Waals surface area contributed by atoms with E-state index in [1.807, 2.05) is 11.3 Å². The van der Waals surface area contributed by atoms with Crippen LogP contribution in [0, 0.1) is 5.92 Å². The standard InChI is InChI=1S/C14H19N3S2/c1-3-6-18-14-16-12(15)11-9-7-8(2)4-5-10(9)19-13(11)17-14/h8H,3-7H2,1-2H3,(H2,15,16,17)/t8-/m1/s1. The highest BCUT2D eigenvalue weighted by atomic mass is 32.2. The van der Waals surface area contributed by atoms with E-state index in [9.17, 15) is 0 Å². The minimum Gasteiger partial charge on any atom is -0.383 e. The topological polar surface area (TPSA) is 51.8 Å². The maximum Gasteiger partial charge on any atom is 0.190 e. The van der Waals surface area contributed by atoms with Gasteiger partial charge < -0.3 is 5.73 Å². The van der Waals surface area contributed by atoms with E-state index >= 15 is 0 Å². The molecule has 2 aromatic heterocycles. The first-order valence-corrected chi connectivity index (χ1v) is 8.69. The SMILES string of the molecule is CCCSc1nc(N)c2c3c(sc2n1)CC[C@@H](C)C3. The van der Waals surface area contributed by atoms with Gasteiger partial charge in [-0.3, -0.25) is 0 Å². The number of nitrogen functional groups attached to an aromatic ring is 1. The van der Waals surface area contributed by atoms with Crippen molar-refractivity contribution >= 4 is 39.1 Å². The predicted molar refractivity (Wildman–Crippen MR) is 84.0 cm³/mol. The predicted octanol–water partition coefficient (Wildman–Crippen LogP) is 3.90. The maximum atomic E-state index is 6.18. The lowest BCUT2D eigenvalue weighted by atomic mass is 9.89. The fourth-order valence-corrected chi connectivity index (χ4v) is 4.60. The first-order chi connectivity index (χ1) is 9.19. The first kappa shape index (κ1) is 13.2. The van der Waals surface area contributed by atoms with Gasteiger partial charge in [-0.25, -0.2) is 9.97 Å². The first-order valence-electron chi connectivity index (χ1n) is 6.89. The van der Waals surface area contributed by atoms with Gasteiger partial charge in [0, 0.05) is 10.6 Å². The van der Waals surface area contributed by atoms with Crippen LogP contribution in [0.15, 0.2) is 5.16 Å². The zero-order valence-corrected chi connectivity index (χ0v) is 13.0. The van der Waals surface area contributed by atoms with Crippen LogP contribution in [-0.2, 0) is 12.8 Å². The average molecular weight is 293 g/mol. The number of aryl methyl sites for hydroxylation is 1. The van der Waals surface area contributed by atoms with Gasteiger partial charge in [-0.05, 0) is 37.2 Å². The van der Waals surface area contributed by atoms with Crippen LogP contribution in [0.4, 0.5) is 5.82 Å². The van der Waals surface area contributed by atoms with Crippen LogP contribution >= 0.6 is 23.1 Å². The molecule has 1 aliphatic carbocycles. The summed E-state index contributed by atoms with van der Waals surface area (Å²) in [5, 5.41) is 1.96. The lowest BCUT2D eigenvalue weighted by molar-refractivity contribution is 0.508. The van der Waals surface area contributed by atoms with Gasteiger partial charge in [-0.1, -0.05) is 25.6 Å². The smallest absolute Gasteiger partial charge is 0.190 e. The summed E-state index contributed by atoms with van der Waals surface area (Å²) in [5.41, 5.74) is 7.60. The number of anilines is 1. The Hall–Kier alpha value is -0.810. The molecule has 3 nitrogen and oxygen atoms in total. The van der Waals surface area contributed by atoms with Crippen LogP contribution in [0.3, 0.4) is 0 Å². The molecule has 0 amide bonds. The molecule has 0 bridgehead atoms. The van der Waals surface area contributed by atoms with Crippen molar-refractivity contribution in [1.82, 2.24) is 9.97 Å². The summed E-state index contributed by atoms with van der Waals surface area (Å²) in [7, 11) is 0. The van der Waals surface area contributed by atoms with Crippen LogP contribution in [0.25, 0.3) is 10.2 Å². The molecular formula is C14H19N3S2. The van der Waals surface area contributed by atoms with Gasteiger partial charge in [-0.2, -0.15) is 0 Å². The summed E-state index contributed by atoms with van der Waals surface area (Å²) in [6, 6.07) is 0. The third-order valence-electron chi connectivity index (χ3n) is 3.59. The summed E-state index contributed by atoms with van der Waals surface area (Å²) >= 11 is 3.52. The molecule has 0 saturated carbocycles. The molecular weight excluding hydrogens is 274 g/mol. The highest BCUT2D eigenvalue weighted by molar-refractivity contribution is 7.99. The molecule has 19 heavy (non-hydrogen) atoms. The van der Waals surface area contributed by atoms with E-state index in [-0.39, 0.29) is 0 Å². The molecule has 0 unspecified atom stereocenters. The molecule has 1 atom stereocenters. The quantitative estimate of drug-likeness (QED) is 0.689. The molecule has 0 aromatic carbocycles. The number of thioether (sulfide) groups is 1. The number of aromatic nitrogens is 2. The number of nitrogens with two attached hydrogens (primary N) is 1. The average Bonchev–Trinajstić information content (AvgIpc) is 2.74. The van der Waals surface area contributed by atoms with Crippen molar-refractivity contribution in [2.75, 3.05) is 11.5 Å². The third-order valence-corrected chi connectivity index (χ3v) is 5.83. The van der Waals surface area contributed by atoms with Crippen molar-refractivity contribution in [3.8, 4) is 0 Å². The van der Waals surface area contributed by atoms with E-state index in [1.165, 1.54) is 23.3 Å². The molecule has 0 radical (unpaired) electrons. The second kappa shape index (κ2) is 5.29. The van der Waals surface area contributed by atoms with E-state index in [4.69, 9.17) is 10.7 Å². The monoisotopic (exact) mass is 293 g/mol. The zero-order chi connectivity index (χ0) is 13.4. The summed E-state index contributed by atoms with van der Waals surface area (Å²) in [4.78, 5) is 11.7. The van der Waals surface area contributed by atoms with Gasteiger partial charge in [-0.15, -0.1) is 11.3 Å². The van der Waals surface area contributed by atoms with E-state index in [0.29, 0.717) is 5.82 Å². The van der Waals surface area contributed by atoms with Crippen LogP contribution in [0.5, 0.6) is 0 Å². The number of thiophene rings is 1. The van der Waals surface area contributed by atoms with Crippen LogP contribution < -0.4 is 5.73 Å². The van der Waals surface area contributed by atoms with Crippen molar-refractivity contribution < 1.29 is 0 Å². The zero-order valence-electron chi connectivity index (χ0n) is 11.4. The molecule has 2 aromatic rings. The summed E-state index contributed by atoms with van der Waals surface area (Å²) < 4.78 is 0. The second-order valence-corrected chi connectivity index (χ2v) is 7.42. The van der Waals surface area contributed by atoms with E-state index in [0.717, 1.165) is 39.9 Å². The largest absolute Gasteiger partial charge is 0.383 e. The number of fused-ring (bicyclic) bond motifs is 3. The highest BCUT2D eigenvalue weighted by Gasteiger charge is 2.23. The molecule has 0 spiro atoms. The maximum absolute atomic E-state index is 6.18. The minimum absolute atomic E-state index is 0.676. The second-order valence-electron chi connectivity index (χ2n) is 5.27. The van der Waals surface area contributed by atoms with Crippen molar-refractivity contribution in [2.45, 2.75) is 44.7 Å². The summed E-state index contributed by atoms with van der Waals surface area (Å²) in [6.07, 6.45) is 4.72. The minimum atomic E-state index is 0.676. The van der Waals surface area contributed by atoms with E-state index < -0.39 is 0 Å². The van der Waals surface area contributed by atoms with Crippen molar-refractivity contribution in [2.24, 2.45) is 5.92 Å². The fourth-order valence-electron chi connectivity index (χ4n) is 2.62. The Bertz CT molecular complexity index is 606. The summed E-state index contributed by atoms with van der Waals surface area (Å²) in [6.45, 7) is 4.48. The van der Waals surface area contributed by atoms with Gasteiger partial charge >= 0.3 is 0 Å². The van der Waals surface area contributed by atoms with Crippen molar-refractivity contribution in [3.05, 3.63) is 10.4 Å². The Labute approximate surface area is 122 Å². The number of rotatable bonds is 3. The van der Waals surface area contributed by atoms with Crippen LogP contribution in [0.2, 0.25) is 0 Å². The molecule has 0 fully saturated rings. The lowest BCUT2D eigenvalue weighted by Gasteiger charge is -2.18. The van der Waals surface area contributed by atoms with Gasteiger partial charge in [0.1, 0.15) is 10.6 Å². The third kappa shape index (κ3) is 2.46. The number of hydrogen-bond donors (Lipinski definition) is 1. The highest BCUT2D eigenvalue weighted by Crippen LogP contribution is 2.39. The Balaban J connectivity index is 2.07.